The second-order valence-electron chi connectivity index (χ2n) is 6.16. The SMILES string of the molecule is Cc1ccc(F)c(NC(=O)C(NC(=O)c2ccccc2)c2ccccc2)c1. The van der Waals surface area contributed by atoms with Crippen molar-refractivity contribution in [3.63, 3.8) is 0 Å². The van der Waals surface area contributed by atoms with Crippen molar-refractivity contribution in [2.45, 2.75) is 13.0 Å². The molecular weight excluding hydrogens is 343 g/mol. The van der Waals surface area contributed by atoms with Crippen molar-refractivity contribution in [2.24, 2.45) is 0 Å². The number of aryl methyl sites for hydroxylation is 1. The number of anilines is 1. The normalized spacial score (nSPS) is 11.5. The van der Waals surface area contributed by atoms with Crippen molar-refractivity contribution in [3.8, 4) is 0 Å². The molecule has 27 heavy (non-hydrogen) atoms. The van der Waals surface area contributed by atoms with Crippen molar-refractivity contribution < 1.29 is 14.0 Å². The fourth-order valence-corrected chi connectivity index (χ4v) is 2.69. The van der Waals surface area contributed by atoms with Crippen LogP contribution in [0.4, 0.5) is 10.1 Å². The monoisotopic (exact) mass is 362 g/mol. The molecule has 0 aliphatic carbocycles. The fourth-order valence-electron chi connectivity index (χ4n) is 2.69. The lowest BCUT2D eigenvalue weighted by molar-refractivity contribution is -0.118. The van der Waals surface area contributed by atoms with Gasteiger partial charge in [-0.25, -0.2) is 4.39 Å². The van der Waals surface area contributed by atoms with E-state index in [4.69, 9.17) is 0 Å². The van der Waals surface area contributed by atoms with Gasteiger partial charge in [-0.15, -0.1) is 0 Å². The molecule has 5 heteroatoms. The summed E-state index contributed by atoms with van der Waals surface area (Å²) in [6.07, 6.45) is 0. The molecule has 0 spiro atoms. The van der Waals surface area contributed by atoms with Gasteiger partial charge in [0.25, 0.3) is 11.8 Å². The van der Waals surface area contributed by atoms with Crippen LogP contribution in [-0.2, 0) is 4.79 Å². The van der Waals surface area contributed by atoms with Gasteiger partial charge in [-0.3, -0.25) is 9.59 Å². The Kier molecular flexibility index (Phi) is 5.61. The first-order valence-corrected chi connectivity index (χ1v) is 8.52. The van der Waals surface area contributed by atoms with Crippen molar-refractivity contribution in [1.82, 2.24) is 5.32 Å². The maximum Gasteiger partial charge on any atom is 0.252 e. The molecule has 2 N–H and O–H groups in total. The van der Waals surface area contributed by atoms with Crippen LogP contribution in [-0.4, -0.2) is 11.8 Å². The Labute approximate surface area is 157 Å². The molecule has 0 aliphatic rings. The molecule has 3 aromatic rings. The van der Waals surface area contributed by atoms with Crippen LogP contribution in [0.2, 0.25) is 0 Å². The zero-order valence-electron chi connectivity index (χ0n) is 14.8. The van der Waals surface area contributed by atoms with Crippen LogP contribution in [0.1, 0.15) is 27.5 Å². The van der Waals surface area contributed by atoms with Crippen molar-refractivity contribution >= 4 is 17.5 Å². The highest BCUT2D eigenvalue weighted by Crippen LogP contribution is 2.20. The molecule has 2 amide bonds. The third kappa shape index (κ3) is 4.58. The summed E-state index contributed by atoms with van der Waals surface area (Å²) in [6.45, 7) is 1.81. The molecule has 0 radical (unpaired) electrons. The zero-order chi connectivity index (χ0) is 19.2. The Morgan fingerprint density at radius 1 is 0.889 bits per heavy atom. The first-order valence-electron chi connectivity index (χ1n) is 8.52. The van der Waals surface area contributed by atoms with E-state index in [0.29, 0.717) is 11.1 Å². The number of halogens is 1. The molecule has 136 valence electrons. The fraction of sp³-hybridized carbons (Fsp3) is 0.0909. The Balaban J connectivity index is 1.87. The average Bonchev–Trinajstić information content (AvgIpc) is 2.70. The molecule has 0 aromatic heterocycles. The minimum atomic E-state index is -0.959. The number of rotatable bonds is 5. The molecule has 0 aliphatic heterocycles. The Hall–Kier alpha value is -3.47. The topological polar surface area (TPSA) is 58.2 Å². The average molecular weight is 362 g/mol. The highest BCUT2D eigenvalue weighted by molar-refractivity contribution is 6.01. The van der Waals surface area contributed by atoms with Crippen molar-refractivity contribution in [2.75, 3.05) is 5.32 Å². The third-order valence-corrected chi connectivity index (χ3v) is 4.09. The predicted octanol–water partition coefficient (Wildman–Crippen LogP) is 4.24. The summed E-state index contributed by atoms with van der Waals surface area (Å²) in [5.74, 6) is -1.44. The van der Waals surface area contributed by atoms with Crippen LogP contribution in [0.5, 0.6) is 0 Å². The molecule has 4 nitrogen and oxygen atoms in total. The molecule has 0 fully saturated rings. The lowest BCUT2D eigenvalue weighted by atomic mass is 10.0. The minimum absolute atomic E-state index is 0.0786. The number of nitrogens with one attached hydrogen (secondary N) is 2. The highest BCUT2D eigenvalue weighted by atomic mass is 19.1. The summed E-state index contributed by atoms with van der Waals surface area (Å²) in [4.78, 5) is 25.4. The van der Waals surface area contributed by atoms with Gasteiger partial charge in [0.15, 0.2) is 0 Å². The molecule has 1 unspecified atom stereocenters. The maximum absolute atomic E-state index is 14.0. The van der Waals surface area contributed by atoms with Crippen LogP contribution in [0.15, 0.2) is 78.9 Å². The van der Waals surface area contributed by atoms with E-state index in [9.17, 15) is 14.0 Å². The van der Waals surface area contributed by atoms with Crippen molar-refractivity contribution in [1.29, 1.82) is 0 Å². The van der Waals surface area contributed by atoms with E-state index in [1.54, 1.807) is 73.7 Å². The molecule has 0 saturated carbocycles. The number of benzene rings is 3. The van der Waals surface area contributed by atoms with Gasteiger partial charge in [0.1, 0.15) is 11.9 Å². The summed E-state index contributed by atoms with van der Waals surface area (Å²) in [5, 5.41) is 5.31. The van der Waals surface area contributed by atoms with Gasteiger partial charge in [0.2, 0.25) is 0 Å². The largest absolute Gasteiger partial charge is 0.336 e. The summed E-state index contributed by atoms with van der Waals surface area (Å²) < 4.78 is 14.0. The number of amides is 2. The van der Waals surface area contributed by atoms with E-state index in [1.807, 2.05) is 6.07 Å². The maximum atomic E-state index is 14.0. The lowest BCUT2D eigenvalue weighted by Crippen LogP contribution is -2.37. The summed E-state index contributed by atoms with van der Waals surface area (Å²) in [6, 6.07) is 21.0. The van der Waals surface area contributed by atoms with Gasteiger partial charge in [-0.2, -0.15) is 0 Å². The van der Waals surface area contributed by atoms with Crippen LogP contribution < -0.4 is 10.6 Å². The van der Waals surface area contributed by atoms with Gasteiger partial charge in [0, 0.05) is 5.56 Å². The highest BCUT2D eigenvalue weighted by Gasteiger charge is 2.24. The lowest BCUT2D eigenvalue weighted by Gasteiger charge is -2.19. The van der Waals surface area contributed by atoms with Gasteiger partial charge in [-0.05, 0) is 42.3 Å². The van der Waals surface area contributed by atoms with Crippen LogP contribution in [0, 0.1) is 12.7 Å². The van der Waals surface area contributed by atoms with Gasteiger partial charge < -0.3 is 10.6 Å². The van der Waals surface area contributed by atoms with E-state index in [0.717, 1.165) is 5.56 Å². The van der Waals surface area contributed by atoms with Crippen LogP contribution in [0.3, 0.4) is 0 Å². The molecule has 3 aromatic carbocycles. The van der Waals surface area contributed by atoms with Gasteiger partial charge in [0.05, 0.1) is 5.69 Å². The Morgan fingerprint density at radius 3 is 2.19 bits per heavy atom. The van der Waals surface area contributed by atoms with Crippen LogP contribution >= 0.6 is 0 Å². The smallest absolute Gasteiger partial charge is 0.252 e. The number of hydrogen-bond donors (Lipinski definition) is 2. The Bertz CT molecular complexity index is 943. The Morgan fingerprint density at radius 2 is 1.52 bits per heavy atom. The van der Waals surface area contributed by atoms with Crippen LogP contribution in [0.25, 0.3) is 0 Å². The molecule has 0 bridgehead atoms. The van der Waals surface area contributed by atoms with E-state index >= 15 is 0 Å². The predicted molar refractivity (Wildman–Crippen MR) is 103 cm³/mol. The van der Waals surface area contributed by atoms with E-state index < -0.39 is 17.8 Å². The molecule has 1 atom stereocenters. The molecule has 0 saturated heterocycles. The zero-order valence-corrected chi connectivity index (χ0v) is 14.8. The minimum Gasteiger partial charge on any atom is -0.336 e. The summed E-state index contributed by atoms with van der Waals surface area (Å²) in [7, 11) is 0. The standard InChI is InChI=1S/C22H19FN2O2/c1-15-12-13-18(23)19(14-15)24-22(27)20(16-8-4-2-5-9-16)25-21(26)17-10-6-3-7-11-17/h2-14,20H,1H3,(H,24,27)(H,25,26). The number of carbonyl (C=O) groups is 2. The quantitative estimate of drug-likeness (QED) is 0.713. The molecule has 0 heterocycles. The summed E-state index contributed by atoms with van der Waals surface area (Å²) >= 11 is 0. The first kappa shape index (κ1) is 18.3. The van der Waals surface area contributed by atoms with Gasteiger partial charge in [-0.1, -0.05) is 54.6 Å². The van der Waals surface area contributed by atoms with Crippen molar-refractivity contribution in [3.05, 3.63) is 101 Å². The molecule has 3 rings (SSSR count). The van der Waals surface area contributed by atoms with E-state index in [2.05, 4.69) is 10.6 Å². The summed E-state index contributed by atoms with van der Waals surface area (Å²) in [5.41, 5.74) is 1.94. The number of carbonyl (C=O) groups excluding carboxylic acids is 2. The van der Waals surface area contributed by atoms with E-state index in [1.165, 1.54) is 6.07 Å². The van der Waals surface area contributed by atoms with Gasteiger partial charge >= 0.3 is 0 Å². The van der Waals surface area contributed by atoms with E-state index in [-0.39, 0.29) is 11.6 Å². The number of hydrogen-bond acceptors (Lipinski definition) is 2. The third-order valence-electron chi connectivity index (χ3n) is 4.09. The second kappa shape index (κ2) is 8.27. The first-order chi connectivity index (χ1) is 13.0. The molecular formula is C22H19FN2O2. The second-order valence-corrected chi connectivity index (χ2v) is 6.16.